The summed E-state index contributed by atoms with van der Waals surface area (Å²) in [5, 5.41) is 7.62. The van der Waals surface area contributed by atoms with Crippen LogP contribution in [-0.4, -0.2) is 27.2 Å². The average molecular weight is 206 g/mol. The van der Waals surface area contributed by atoms with E-state index in [-0.39, 0.29) is 0 Å². The highest BCUT2D eigenvalue weighted by atomic mass is 15.4. The number of hydrogen-bond donors (Lipinski definition) is 3. The van der Waals surface area contributed by atoms with Gasteiger partial charge in [0.15, 0.2) is 0 Å². The van der Waals surface area contributed by atoms with Crippen molar-refractivity contribution in [2.75, 3.05) is 17.7 Å². The molecule has 0 atom stereocenters. The molecule has 0 fully saturated rings. The first-order valence-corrected chi connectivity index (χ1v) is 4.69. The number of nitrogen functional groups attached to an aromatic ring is 1. The number of nitrogens with two attached hydrogens (primary N) is 1. The van der Waals surface area contributed by atoms with E-state index in [2.05, 4.69) is 20.2 Å². The van der Waals surface area contributed by atoms with Gasteiger partial charge in [-0.2, -0.15) is 0 Å². The Morgan fingerprint density at radius 1 is 1.47 bits per heavy atom. The highest BCUT2D eigenvalue weighted by Crippen LogP contribution is 2.12. The lowest BCUT2D eigenvalue weighted by molar-refractivity contribution is 0.865. The van der Waals surface area contributed by atoms with Crippen LogP contribution in [0.1, 0.15) is 11.3 Å². The van der Waals surface area contributed by atoms with Crippen molar-refractivity contribution < 1.29 is 0 Å². The minimum absolute atomic E-state index is 0.336. The molecule has 0 aromatic carbocycles. The third-order valence-electron chi connectivity index (χ3n) is 2.33. The van der Waals surface area contributed by atoms with Crippen LogP contribution in [0.2, 0.25) is 0 Å². The van der Waals surface area contributed by atoms with Crippen molar-refractivity contribution in [2.24, 2.45) is 0 Å². The van der Waals surface area contributed by atoms with Gasteiger partial charge < -0.3 is 15.6 Å². The quantitative estimate of drug-likeness (QED) is 0.688. The molecule has 80 valence electrons. The fraction of sp³-hybridized carbons (Fsp3) is 0.333. The molecule has 0 aliphatic rings. The Labute approximate surface area is 87.5 Å². The lowest BCUT2D eigenvalue weighted by atomic mass is 10.2. The van der Waals surface area contributed by atoms with Crippen LogP contribution < -0.4 is 10.6 Å². The summed E-state index contributed by atoms with van der Waals surface area (Å²) in [6.45, 7) is 2.81. The first-order valence-electron chi connectivity index (χ1n) is 4.69. The summed E-state index contributed by atoms with van der Waals surface area (Å²) < 4.78 is 0. The minimum Gasteiger partial charge on any atom is -0.368 e. The van der Waals surface area contributed by atoms with Crippen molar-refractivity contribution in [3.05, 3.63) is 23.5 Å². The van der Waals surface area contributed by atoms with Gasteiger partial charge in [0.1, 0.15) is 0 Å². The second-order valence-corrected chi connectivity index (χ2v) is 3.52. The van der Waals surface area contributed by atoms with Crippen molar-refractivity contribution in [3.8, 4) is 0 Å². The van der Waals surface area contributed by atoms with Crippen LogP contribution in [0, 0.1) is 6.92 Å². The second-order valence-electron chi connectivity index (χ2n) is 3.52. The van der Waals surface area contributed by atoms with Crippen molar-refractivity contribution in [1.29, 1.82) is 0 Å². The standard InChI is InChI=1S/C9H14N6/c1-6-7(3-4-11-6)5-15(2)9-12-8(10)13-14-9/h3-4,11H,5H2,1-2H3,(H3,10,12,13,14). The van der Waals surface area contributed by atoms with Gasteiger partial charge >= 0.3 is 0 Å². The van der Waals surface area contributed by atoms with Crippen molar-refractivity contribution in [2.45, 2.75) is 13.5 Å². The normalized spacial score (nSPS) is 10.5. The molecule has 4 N–H and O–H groups in total. The number of aryl methyl sites for hydroxylation is 1. The summed E-state index contributed by atoms with van der Waals surface area (Å²) in [5.41, 5.74) is 7.85. The van der Waals surface area contributed by atoms with Gasteiger partial charge in [-0.25, -0.2) is 0 Å². The maximum Gasteiger partial charge on any atom is 0.226 e. The molecule has 0 aliphatic carbocycles. The molecule has 2 heterocycles. The molecule has 0 radical (unpaired) electrons. The van der Waals surface area contributed by atoms with E-state index in [1.54, 1.807) is 0 Å². The van der Waals surface area contributed by atoms with E-state index in [1.165, 1.54) is 5.56 Å². The van der Waals surface area contributed by atoms with Crippen molar-refractivity contribution >= 4 is 11.9 Å². The maximum atomic E-state index is 5.46. The molecule has 2 rings (SSSR count). The molecular weight excluding hydrogens is 192 g/mol. The van der Waals surface area contributed by atoms with Gasteiger partial charge in [-0.15, -0.1) is 10.2 Å². The Hall–Kier alpha value is -1.98. The Kier molecular flexibility index (Phi) is 2.32. The van der Waals surface area contributed by atoms with Gasteiger partial charge in [0.05, 0.1) is 0 Å². The molecule has 6 nitrogen and oxygen atoms in total. The van der Waals surface area contributed by atoms with E-state index in [4.69, 9.17) is 5.73 Å². The number of nitrogens with one attached hydrogen (secondary N) is 2. The van der Waals surface area contributed by atoms with Crippen LogP contribution in [0.3, 0.4) is 0 Å². The van der Waals surface area contributed by atoms with Gasteiger partial charge in [-0.3, -0.25) is 4.98 Å². The number of hydrogen-bond acceptors (Lipinski definition) is 4. The topological polar surface area (TPSA) is 86.6 Å². The third-order valence-corrected chi connectivity index (χ3v) is 2.33. The zero-order chi connectivity index (χ0) is 10.8. The predicted octanol–water partition coefficient (Wildman–Crippen LogP) is 0.660. The summed E-state index contributed by atoms with van der Waals surface area (Å²) in [4.78, 5) is 7.97. The number of aromatic nitrogens is 4. The fourth-order valence-electron chi connectivity index (χ4n) is 1.42. The van der Waals surface area contributed by atoms with Crippen LogP contribution in [0.4, 0.5) is 11.9 Å². The van der Waals surface area contributed by atoms with Gasteiger partial charge in [-0.05, 0) is 18.6 Å². The van der Waals surface area contributed by atoms with Crippen LogP contribution in [-0.2, 0) is 6.54 Å². The summed E-state index contributed by atoms with van der Waals surface area (Å²) >= 11 is 0. The van der Waals surface area contributed by atoms with Crippen LogP contribution in [0.25, 0.3) is 0 Å². The number of nitrogens with zero attached hydrogens (tertiary/aromatic N) is 3. The first kappa shape index (κ1) is 9.57. The molecule has 0 saturated carbocycles. The van der Waals surface area contributed by atoms with Crippen molar-refractivity contribution in [1.82, 2.24) is 20.2 Å². The minimum atomic E-state index is 0.336. The molecule has 0 bridgehead atoms. The van der Waals surface area contributed by atoms with E-state index in [1.807, 2.05) is 31.1 Å². The van der Waals surface area contributed by atoms with E-state index in [0.717, 1.165) is 12.2 Å². The molecule has 6 heteroatoms. The summed E-state index contributed by atoms with van der Waals surface area (Å²) in [7, 11) is 1.94. The average Bonchev–Trinajstić information content (AvgIpc) is 2.77. The summed E-state index contributed by atoms with van der Waals surface area (Å²) in [6.07, 6.45) is 1.92. The molecule has 0 saturated heterocycles. The number of aromatic amines is 2. The van der Waals surface area contributed by atoms with E-state index >= 15 is 0 Å². The Morgan fingerprint density at radius 3 is 2.80 bits per heavy atom. The van der Waals surface area contributed by atoms with Gasteiger partial charge in [0.2, 0.25) is 11.9 Å². The Bertz CT molecular complexity index is 443. The van der Waals surface area contributed by atoms with E-state index < -0.39 is 0 Å². The smallest absolute Gasteiger partial charge is 0.226 e. The second kappa shape index (κ2) is 3.64. The third kappa shape index (κ3) is 1.93. The molecular formula is C9H14N6. The Balaban J connectivity index is 2.10. The lowest BCUT2D eigenvalue weighted by Crippen LogP contribution is -2.18. The summed E-state index contributed by atoms with van der Waals surface area (Å²) in [5.74, 6) is 1.01. The van der Waals surface area contributed by atoms with Crippen LogP contribution in [0.5, 0.6) is 0 Å². The highest BCUT2D eigenvalue weighted by Gasteiger charge is 2.08. The zero-order valence-corrected chi connectivity index (χ0v) is 8.78. The molecule has 2 aromatic heterocycles. The largest absolute Gasteiger partial charge is 0.368 e. The zero-order valence-electron chi connectivity index (χ0n) is 8.78. The maximum absolute atomic E-state index is 5.46. The molecule has 2 aromatic rings. The van der Waals surface area contributed by atoms with E-state index in [9.17, 15) is 0 Å². The molecule has 15 heavy (non-hydrogen) atoms. The van der Waals surface area contributed by atoms with Crippen molar-refractivity contribution in [3.63, 3.8) is 0 Å². The molecule has 0 unspecified atom stereocenters. The molecule has 0 aliphatic heterocycles. The molecule has 0 spiro atoms. The Morgan fingerprint density at radius 2 is 2.27 bits per heavy atom. The van der Waals surface area contributed by atoms with E-state index in [0.29, 0.717) is 11.9 Å². The van der Waals surface area contributed by atoms with Gasteiger partial charge in [0, 0.05) is 25.5 Å². The number of anilines is 2. The van der Waals surface area contributed by atoms with Crippen LogP contribution >= 0.6 is 0 Å². The highest BCUT2D eigenvalue weighted by molar-refractivity contribution is 5.35. The van der Waals surface area contributed by atoms with Gasteiger partial charge in [0.25, 0.3) is 0 Å². The number of H-pyrrole nitrogens is 2. The fourth-order valence-corrected chi connectivity index (χ4v) is 1.42. The lowest BCUT2D eigenvalue weighted by Gasteiger charge is -2.14. The number of rotatable bonds is 3. The predicted molar refractivity (Wildman–Crippen MR) is 58.4 cm³/mol. The first-order chi connectivity index (χ1) is 7.16. The molecule has 0 amide bonds. The monoisotopic (exact) mass is 206 g/mol. The van der Waals surface area contributed by atoms with Crippen LogP contribution in [0.15, 0.2) is 12.3 Å². The van der Waals surface area contributed by atoms with Gasteiger partial charge in [-0.1, -0.05) is 0 Å². The summed E-state index contributed by atoms with van der Waals surface area (Å²) in [6, 6.07) is 2.05. The SMILES string of the molecule is Cc1[nH]ccc1CN(C)c1nnc(N)[nH]1.